The lowest BCUT2D eigenvalue weighted by Gasteiger charge is -2.33. The highest BCUT2D eigenvalue weighted by molar-refractivity contribution is 5.99. The van der Waals surface area contributed by atoms with Gasteiger partial charge in [-0.3, -0.25) is 9.59 Å². The van der Waals surface area contributed by atoms with E-state index in [1.807, 2.05) is 13.8 Å². The van der Waals surface area contributed by atoms with E-state index in [1.54, 1.807) is 29.2 Å². The maximum absolute atomic E-state index is 12.5. The number of hydrogen-bond donors (Lipinski definition) is 2. The summed E-state index contributed by atoms with van der Waals surface area (Å²) >= 11 is 0. The van der Waals surface area contributed by atoms with Crippen molar-refractivity contribution in [3.63, 3.8) is 0 Å². The molecule has 1 unspecified atom stereocenters. The molecule has 0 saturated carbocycles. The molecule has 108 valence electrons. The molecule has 1 aromatic carbocycles. The van der Waals surface area contributed by atoms with Crippen LogP contribution in [0.15, 0.2) is 24.3 Å². The van der Waals surface area contributed by atoms with Crippen LogP contribution in [0, 0.1) is 0 Å². The zero-order valence-electron chi connectivity index (χ0n) is 11.9. The Kier molecular flexibility index (Phi) is 4.39. The van der Waals surface area contributed by atoms with Crippen LogP contribution in [0.2, 0.25) is 0 Å². The number of carbonyl (C=O) groups is 2. The minimum atomic E-state index is -0.458. The fourth-order valence-corrected chi connectivity index (χ4v) is 2.49. The Bertz CT molecular complexity index is 496. The molecule has 1 saturated heterocycles. The predicted octanol–water partition coefficient (Wildman–Crippen LogP) is 1.28. The van der Waals surface area contributed by atoms with Gasteiger partial charge >= 0.3 is 0 Å². The van der Waals surface area contributed by atoms with Crippen molar-refractivity contribution in [2.75, 3.05) is 11.4 Å². The van der Waals surface area contributed by atoms with E-state index in [4.69, 9.17) is 5.73 Å². The molecule has 0 spiro atoms. The van der Waals surface area contributed by atoms with Gasteiger partial charge in [-0.1, -0.05) is 13.8 Å². The molecular weight excluding hydrogens is 254 g/mol. The summed E-state index contributed by atoms with van der Waals surface area (Å²) in [5.41, 5.74) is 6.49. The van der Waals surface area contributed by atoms with Gasteiger partial charge < -0.3 is 16.0 Å². The summed E-state index contributed by atoms with van der Waals surface area (Å²) in [6, 6.07) is 7.01. The number of benzene rings is 1. The highest BCUT2D eigenvalue weighted by Crippen LogP contribution is 2.21. The number of carbonyl (C=O) groups excluding carboxylic acids is 2. The quantitative estimate of drug-likeness (QED) is 0.869. The molecule has 0 radical (unpaired) electrons. The van der Waals surface area contributed by atoms with E-state index < -0.39 is 5.91 Å². The van der Waals surface area contributed by atoms with Gasteiger partial charge in [0.1, 0.15) is 0 Å². The van der Waals surface area contributed by atoms with E-state index in [9.17, 15) is 9.59 Å². The average Bonchev–Trinajstić information content (AvgIpc) is 2.41. The van der Waals surface area contributed by atoms with E-state index >= 15 is 0 Å². The number of amides is 2. The van der Waals surface area contributed by atoms with Crippen LogP contribution >= 0.6 is 0 Å². The number of nitrogens with two attached hydrogens (primary N) is 1. The third-order valence-electron chi connectivity index (χ3n) is 3.44. The Morgan fingerprint density at radius 3 is 2.55 bits per heavy atom. The van der Waals surface area contributed by atoms with Crippen LogP contribution in [0.4, 0.5) is 5.69 Å². The number of primary amides is 1. The lowest BCUT2D eigenvalue weighted by atomic mass is 10.0. The van der Waals surface area contributed by atoms with E-state index in [-0.39, 0.29) is 18.0 Å². The first kappa shape index (κ1) is 14.5. The molecule has 1 heterocycles. The molecule has 1 atom stereocenters. The second kappa shape index (κ2) is 6.05. The van der Waals surface area contributed by atoms with Crippen LogP contribution in [0.3, 0.4) is 0 Å². The molecule has 2 amide bonds. The summed E-state index contributed by atoms with van der Waals surface area (Å²) < 4.78 is 0. The van der Waals surface area contributed by atoms with Gasteiger partial charge in [-0.25, -0.2) is 0 Å². The first-order valence-corrected chi connectivity index (χ1v) is 6.96. The second-order valence-corrected chi connectivity index (χ2v) is 5.42. The van der Waals surface area contributed by atoms with Crippen LogP contribution in [-0.2, 0) is 4.79 Å². The fourth-order valence-electron chi connectivity index (χ4n) is 2.49. The molecule has 2 rings (SSSR count). The smallest absolute Gasteiger partial charge is 0.248 e. The molecule has 0 aromatic heterocycles. The average molecular weight is 275 g/mol. The van der Waals surface area contributed by atoms with E-state index in [1.165, 1.54) is 0 Å². The van der Waals surface area contributed by atoms with Crippen molar-refractivity contribution in [2.24, 2.45) is 5.73 Å². The molecule has 20 heavy (non-hydrogen) atoms. The monoisotopic (exact) mass is 275 g/mol. The zero-order chi connectivity index (χ0) is 14.7. The number of anilines is 1. The van der Waals surface area contributed by atoms with Crippen LogP contribution in [0.5, 0.6) is 0 Å². The van der Waals surface area contributed by atoms with E-state index in [0.29, 0.717) is 12.1 Å². The van der Waals surface area contributed by atoms with Gasteiger partial charge in [0.2, 0.25) is 11.8 Å². The van der Waals surface area contributed by atoms with Crippen LogP contribution in [0.25, 0.3) is 0 Å². The third kappa shape index (κ3) is 3.17. The largest absolute Gasteiger partial charge is 0.366 e. The lowest BCUT2D eigenvalue weighted by molar-refractivity contribution is -0.121. The number of rotatable bonds is 4. The summed E-state index contributed by atoms with van der Waals surface area (Å²) in [4.78, 5) is 25.3. The maximum Gasteiger partial charge on any atom is 0.248 e. The highest BCUT2D eigenvalue weighted by Gasteiger charge is 2.29. The highest BCUT2D eigenvalue weighted by atomic mass is 16.2. The van der Waals surface area contributed by atoms with Crippen LogP contribution in [0.1, 0.15) is 37.0 Å². The molecule has 1 aliphatic rings. The summed E-state index contributed by atoms with van der Waals surface area (Å²) in [7, 11) is 0. The lowest BCUT2D eigenvalue weighted by Crippen LogP contribution is -2.52. The van der Waals surface area contributed by atoms with Crippen LogP contribution < -0.4 is 16.0 Å². The third-order valence-corrected chi connectivity index (χ3v) is 3.44. The Morgan fingerprint density at radius 2 is 2.00 bits per heavy atom. The van der Waals surface area contributed by atoms with Gasteiger partial charge in [0.25, 0.3) is 0 Å². The predicted molar refractivity (Wildman–Crippen MR) is 78.6 cm³/mol. The summed E-state index contributed by atoms with van der Waals surface area (Å²) in [5.74, 6) is -0.363. The van der Waals surface area contributed by atoms with Crippen molar-refractivity contribution in [1.82, 2.24) is 5.32 Å². The van der Waals surface area contributed by atoms with Gasteiger partial charge in [0.15, 0.2) is 0 Å². The summed E-state index contributed by atoms with van der Waals surface area (Å²) in [6.07, 6.45) is 1.83. The molecule has 5 nitrogen and oxygen atoms in total. The SMILES string of the molecule is CC(C)NC1CCCN(c2ccc(C(N)=O)cc2)C1=O. The fraction of sp³-hybridized carbons (Fsp3) is 0.467. The molecular formula is C15H21N3O2. The van der Waals surface area contributed by atoms with Gasteiger partial charge in [-0.2, -0.15) is 0 Å². The molecule has 0 bridgehead atoms. The first-order valence-electron chi connectivity index (χ1n) is 6.96. The van der Waals surface area contributed by atoms with Gasteiger partial charge in [-0.15, -0.1) is 0 Å². The number of hydrogen-bond acceptors (Lipinski definition) is 3. The molecule has 1 aromatic rings. The van der Waals surface area contributed by atoms with E-state index in [2.05, 4.69) is 5.32 Å². The van der Waals surface area contributed by atoms with Crippen molar-refractivity contribution >= 4 is 17.5 Å². The van der Waals surface area contributed by atoms with Crippen molar-refractivity contribution < 1.29 is 9.59 Å². The molecule has 1 fully saturated rings. The Hall–Kier alpha value is -1.88. The summed E-state index contributed by atoms with van der Waals surface area (Å²) in [5, 5.41) is 3.30. The molecule has 1 aliphatic heterocycles. The van der Waals surface area contributed by atoms with Crippen LogP contribution in [-0.4, -0.2) is 30.4 Å². The Labute approximate surface area is 119 Å². The normalized spacial score (nSPS) is 19.4. The number of nitrogens with one attached hydrogen (secondary N) is 1. The topological polar surface area (TPSA) is 75.4 Å². The maximum atomic E-state index is 12.5. The molecule has 0 aliphatic carbocycles. The van der Waals surface area contributed by atoms with E-state index in [0.717, 1.165) is 18.5 Å². The summed E-state index contributed by atoms with van der Waals surface area (Å²) in [6.45, 7) is 4.78. The standard InChI is InChI=1S/C15H21N3O2/c1-10(2)17-13-4-3-9-18(15(13)20)12-7-5-11(6-8-12)14(16)19/h5-8,10,13,17H,3-4,9H2,1-2H3,(H2,16,19). The first-order chi connectivity index (χ1) is 9.49. The molecule has 5 heteroatoms. The minimum Gasteiger partial charge on any atom is -0.366 e. The van der Waals surface area contributed by atoms with Crippen molar-refractivity contribution in [3.8, 4) is 0 Å². The molecule has 3 N–H and O–H groups in total. The van der Waals surface area contributed by atoms with Crippen molar-refractivity contribution in [2.45, 2.75) is 38.8 Å². The second-order valence-electron chi connectivity index (χ2n) is 5.42. The minimum absolute atomic E-state index is 0.0942. The van der Waals surface area contributed by atoms with Crippen molar-refractivity contribution in [1.29, 1.82) is 0 Å². The number of piperidine rings is 1. The zero-order valence-corrected chi connectivity index (χ0v) is 11.9. The van der Waals surface area contributed by atoms with Gasteiger partial charge in [0.05, 0.1) is 6.04 Å². The Morgan fingerprint density at radius 1 is 1.35 bits per heavy atom. The van der Waals surface area contributed by atoms with Gasteiger partial charge in [-0.05, 0) is 37.1 Å². The Balaban J connectivity index is 2.14. The van der Waals surface area contributed by atoms with Gasteiger partial charge in [0, 0.05) is 23.8 Å². The van der Waals surface area contributed by atoms with Crippen molar-refractivity contribution in [3.05, 3.63) is 29.8 Å². The number of nitrogens with zero attached hydrogens (tertiary/aromatic N) is 1.